The van der Waals surface area contributed by atoms with E-state index in [1.807, 2.05) is 49.3 Å². The molecular formula is C16H21N5O. The fourth-order valence-corrected chi connectivity index (χ4v) is 1.81. The predicted molar refractivity (Wildman–Crippen MR) is 86.7 cm³/mol. The lowest BCUT2D eigenvalue weighted by Crippen LogP contribution is -2.31. The summed E-state index contributed by atoms with van der Waals surface area (Å²) in [4.78, 5) is 22.2. The number of anilines is 1. The van der Waals surface area contributed by atoms with Crippen LogP contribution in [-0.2, 0) is 6.54 Å². The highest BCUT2D eigenvalue weighted by Crippen LogP contribution is 2.04. The van der Waals surface area contributed by atoms with Gasteiger partial charge >= 0.3 is 0 Å². The fraction of sp³-hybridized carbons (Fsp3) is 0.312. The largest absolute Gasteiger partial charge is 0.351 e. The van der Waals surface area contributed by atoms with Gasteiger partial charge in [-0.1, -0.05) is 30.3 Å². The normalized spacial score (nSPS) is 10.5. The highest BCUT2D eigenvalue weighted by Gasteiger charge is 2.06. The summed E-state index contributed by atoms with van der Waals surface area (Å²) in [6.45, 7) is 2.04. The number of benzene rings is 1. The first kappa shape index (κ1) is 15.9. The second-order valence-corrected chi connectivity index (χ2v) is 5.19. The van der Waals surface area contributed by atoms with E-state index in [0.717, 1.165) is 12.1 Å². The zero-order chi connectivity index (χ0) is 15.8. The third-order valence-electron chi connectivity index (χ3n) is 3.05. The van der Waals surface area contributed by atoms with E-state index in [-0.39, 0.29) is 5.91 Å². The van der Waals surface area contributed by atoms with Crippen molar-refractivity contribution in [3.05, 3.63) is 53.9 Å². The van der Waals surface area contributed by atoms with Crippen molar-refractivity contribution in [1.82, 2.24) is 20.2 Å². The van der Waals surface area contributed by atoms with Gasteiger partial charge in [0, 0.05) is 32.0 Å². The zero-order valence-electron chi connectivity index (χ0n) is 12.9. The molecular weight excluding hydrogens is 278 g/mol. The van der Waals surface area contributed by atoms with Gasteiger partial charge in [-0.2, -0.15) is 0 Å². The molecule has 1 aromatic carbocycles. The van der Waals surface area contributed by atoms with Crippen molar-refractivity contribution in [3.63, 3.8) is 0 Å². The highest BCUT2D eigenvalue weighted by atomic mass is 16.1. The number of rotatable bonds is 7. The summed E-state index contributed by atoms with van der Waals surface area (Å²) in [6, 6.07) is 10.0. The molecule has 0 unspecified atom stereocenters. The summed E-state index contributed by atoms with van der Waals surface area (Å²) in [5.74, 6) is 0.352. The van der Waals surface area contributed by atoms with Crippen molar-refractivity contribution in [2.24, 2.45) is 0 Å². The van der Waals surface area contributed by atoms with Crippen molar-refractivity contribution in [2.75, 3.05) is 32.5 Å². The summed E-state index contributed by atoms with van der Waals surface area (Å²) >= 11 is 0. The molecule has 22 heavy (non-hydrogen) atoms. The number of likely N-dealkylation sites (N-methyl/N-ethyl adjacent to an activating group) is 1. The van der Waals surface area contributed by atoms with Crippen LogP contribution in [0.5, 0.6) is 0 Å². The van der Waals surface area contributed by atoms with Crippen molar-refractivity contribution in [3.8, 4) is 0 Å². The van der Waals surface area contributed by atoms with E-state index in [4.69, 9.17) is 0 Å². The second-order valence-electron chi connectivity index (χ2n) is 5.19. The maximum Gasteiger partial charge on any atom is 0.254 e. The van der Waals surface area contributed by atoms with Crippen molar-refractivity contribution in [2.45, 2.75) is 6.54 Å². The number of hydrogen-bond donors (Lipinski definition) is 2. The van der Waals surface area contributed by atoms with Crippen LogP contribution in [0.25, 0.3) is 0 Å². The van der Waals surface area contributed by atoms with Crippen LogP contribution in [-0.4, -0.2) is 48.0 Å². The van der Waals surface area contributed by atoms with E-state index in [1.165, 1.54) is 12.4 Å². The smallest absolute Gasteiger partial charge is 0.254 e. The molecule has 0 atom stereocenters. The van der Waals surface area contributed by atoms with E-state index in [9.17, 15) is 4.79 Å². The first-order valence-corrected chi connectivity index (χ1v) is 7.18. The molecule has 0 saturated heterocycles. The summed E-state index contributed by atoms with van der Waals surface area (Å²) in [7, 11) is 3.92. The van der Waals surface area contributed by atoms with E-state index < -0.39 is 0 Å². The van der Waals surface area contributed by atoms with Crippen LogP contribution >= 0.6 is 0 Å². The molecule has 116 valence electrons. The Hall–Kier alpha value is -2.47. The average Bonchev–Trinajstić information content (AvgIpc) is 2.54. The van der Waals surface area contributed by atoms with Gasteiger partial charge in [0.25, 0.3) is 5.91 Å². The van der Waals surface area contributed by atoms with Gasteiger partial charge in [0.2, 0.25) is 5.95 Å². The maximum absolute atomic E-state index is 11.9. The van der Waals surface area contributed by atoms with Gasteiger partial charge in [0.1, 0.15) is 0 Å². The third kappa shape index (κ3) is 5.14. The van der Waals surface area contributed by atoms with Crippen molar-refractivity contribution < 1.29 is 4.79 Å². The molecule has 0 fully saturated rings. The Bertz CT molecular complexity index is 583. The van der Waals surface area contributed by atoms with Crippen LogP contribution < -0.4 is 10.6 Å². The van der Waals surface area contributed by atoms with Crippen LogP contribution in [0, 0.1) is 0 Å². The molecule has 2 N–H and O–H groups in total. The van der Waals surface area contributed by atoms with Crippen LogP contribution in [0.15, 0.2) is 42.7 Å². The Morgan fingerprint density at radius 3 is 2.45 bits per heavy atom. The van der Waals surface area contributed by atoms with Crippen LogP contribution in [0.4, 0.5) is 5.95 Å². The monoisotopic (exact) mass is 299 g/mol. The molecule has 0 saturated carbocycles. The first-order valence-electron chi connectivity index (χ1n) is 7.18. The van der Waals surface area contributed by atoms with Crippen molar-refractivity contribution in [1.29, 1.82) is 0 Å². The van der Waals surface area contributed by atoms with Gasteiger partial charge in [-0.25, -0.2) is 9.97 Å². The zero-order valence-corrected chi connectivity index (χ0v) is 12.9. The van der Waals surface area contributed by atoms with Gasteiger partial charge in [0.05, 0.1) is 5.56 Å². The van der Waals surface area contributed by atoms with Gasteiger partial charge in [-0.05, 0) is 19.7 Å². The number of carbonyl (C=O) groups is 1. The molecule has 0 aliphatic carbocycles. The number of nitrogens with zero attached hydrogens (tertiary/aromatic N) is 3. The lowest BCUT2D eigenvalue weighted by Gasteiger charge is -2.10. The Labute approximate surface area is 130 Å². The Kier molecular flexibility index (Phi) is 5.85. The molecule has 1 heterocycles. The fourth-order valence-electron chi connectivity index (χ4n) is 1.81. The molecule has 0 aliphatic rings. The van der Waals surface area contributed by atoms with Gasteiger partial charge in [-0.15, -0.1) is 0 Å². The lowest BCUT2D eigenvalue weighted by atomic mass is 10.2. The minimum atomic E-state index is -0.156. The van der Waals surface area contributed by atoms with Crippen LogP contribution in [0.1, 0.15) is 15.9 Å². The highest BCUT2D eigenvalue weighted by molar-refractivity contribution is 5.93. The summed E-state index contributed by atoms with van der Waals surface area (Å²) < 4.78 is 0. The van der Waals surface area contributed by atoms with Crippen LogP contribution in [0.3, 0.4) is 0 Å². The van der Waals surface area contributed by atoms with Crippen molar-refractivity contribution >= 4 is 11.9 Å². The van der Waals surface area contributed by atoms with E-state index >= 15 is 0 Å². The van der Waals surface area contributed by atoms with Crippen LogP contribution in [0.2, 0.25) is 0 Å². The topological polar surface area (TPSA) is 70.2 Å². The molecule has 0 aliphatic heterocycles. The Morgan fingerprint density at radius 1 is 1.14 bits per heavy atom. The number of carbonyl (C=O) groups excluding carboxylic acids is 1. The Morgan fingerprint density at radius 2 is 1.82 bits per heavy atom. The minimum absolute atomic E-state index is 0.156. The number of amides is 1. The molecule has 0 spiro atoms. The standard InChI is InChI=1S/C16H21N5O/c1-21(2)9-8-17-15(22)14-11-19-16(20-12-14)18-10-13-6-4-3-5-7-13/h3-7,11-12H,8-10H2,1-2H3,(H,17,22)(H,18,19,20). The summed E-state index contributed by atoms with van der Waals surface area (Å²) in [5.41, 5.74) is 1.61. The molecule has 2 rings (SSSR count). The molecule has 1 aromatic heterocycles. The van der Waals surface area contributed by atoms with E-state index in [0.29, 0.717) is 24.6 Å². The lowest BCUT2D eigenvalue weighted by molar-refractivity contribution is 0.0950. The number of nitrogens with one attached hydrogen (secondary N) is 2. The van der Waals surface area contributed by atoms with E-state index in [2.05, 4.69) is 20.6 Å². The maximum atomic E-state index is 11.9. The SMILES string of the molecule is CN(C)CCNC(=O)c1cnc(NCc2ccccc2)nc1. The molecule has 6 nitrogen and oxygen atoms in total. The first-order chi connectivity index (χ1) is 10.6. The minimum Gasteiger partial charge on any atom is -0.351 e. The quantitative estimate of drug-likeness (QED) is 0.808. The van der Waals surface area contributed by atoms with Gasteiger partial charge < -0.3 is 15.5 Å². The van der Waals surface area contributed by atoms with E-state index in [1.54, 1.807) is 0 Å². The third-order valence-corrected chi connectivity index (χ3v) is 3.05. The molecule has 6 heteroatoms. The summed E-state index contributed by atoms with van der Waals surface area (Å²) in [6.07, 6.45) is 3.07. The number of hydrogen-bond acceptors (Lipinski definition) is 5. The Balaban J connectivity index is 1.83. The summed E-state index contributed by atoms with van der Waals surface area (Å²) in [5, 5.41) is 5.95. The molecule has 0 radical (unpaired) electrons. The number of aromatic nitrogens is 2. The molecule has 0 bridgehead atoms. The molecule has 2 aromatic rings. The predicted octanol–water partition coefficient (Wildman–Crippen LogP) is 1.38. The molecule has 1 amide bonds. The average molecular weight is 299 g/mol. The van der Waals surface area contributed by atoms with Gasteiger partial charge in [0.15, 0.2) is 0 Å². The van der Waals surface area contributed by atoms with Gasteiger partial charge in [-0.3, -0.25) is 4.79 Å². The second kappa shape index (κ2) is 8.09.